The standard InChI is InChI=1S/C18H27N3/c1-20(2)18(10-6-11-18)15-21(3)14-17-8-4-7-16(13-17)9-5-12-19/h4,7-8,13H,6,10-12,14-15,19H2,1-3H3. The molecule has 0 radical (unpaired) electrons. The number of hydrogen-bond acceptors (Lipinski definition) is 3. The lowest BCUT2D eigenvalue weighted by Gasteiger charge is -2.49. The molecule has 3 heteroatoms. The van der Waals surface area contributed by atoms with Gasteiger partial charge >= 0.3 is 0 Å². The zero-order valence-electron chi connectivity index (χ0n) is 13.5. The van der Waals surface area contributed by atoms with Crippen LogP contribution in [0.4, 0.5) is 0 Å². The molecule has 1 aromatic carbocycles. The Morgan fingerprint density at radius 1 is 1.24 bits per heavy atom. The maximum atomic E-state index is 5.43. The van der Waals surface area contributed by atoms with Crippen LogP contribution in [0.25, 0.3) is 0 Å². The average Bonchev–Trinajstić information content (AvgIpc) is 2.40. The highest BCUT2D eigenvalue weighted by atomic mass is 15.2. The normalized spacial score (nSPS) is 16.5. The van der Waals surface area contributed by atoms with Crippen LogP contribution in [0.15, 0.2) is 24.3 Å². The number of nitrogens with zero attached hydrogens (tertiary/aromatic N) is 2. The molecule has 114 valence electrons. The number of hydrogen-bond donors (Lipinski definition) is 1. The van der Waals surface area contributed by atoms with Crippen LogP contribution in [0, 0.1) is 11.8 Å². The van der Waals surface area contributed by atoms with Crippen LogP contribution >= 0.6 is 0 Å². The van der Waals surface area contributed by atoms with Crippen molar-refractivity contribution in [1.82, 2.24) is 9.80 Å². The molecule has 0 bridgehead atoms. The highest BCUT2D eigenvalue weighted by Gasteiger charge is 2.39. The first-order valence-electron chi connectivity index (χ1n) is 7.70. The Morgan fingerprint density at radius 2 is 2.00 bits per heavy atom. The first-order chi connectivity index (χ1) is 10.1. The molecule has 1 fully saturated rings. The van der Waals surface area contributed by atoms with Crippen molar-refractivity contribution < 1.29 is 0 Å². The topological polar surface area (TPSA) is 32.5 Å². The van der Waals surface area contributed by atoms with Crippen molar-refractivity contribution >= 4 is 0 Å². The second-order valence-corrected chi connectivity index (χ2v) is 6.35. The molecule has 1 saturated carbocycles. The van der Waals surface area contributed by atoms with Gasteiger partial charge in [-0.2, -0.15) is 0 Å². The van der Waals surface area contributed by atoms with E-state index in [0.717, 1.165) is 18.7 Å². The van der Waals surface area contributed by atoms with E-state index in [9.17, 15) is 0 Å². The van der Waals surface area contributed by atoms with Crippen LogP contribution in [-0.2, 0) is 6.54 Å². The lowest BCUT2D eigenvalue weighted by molar-refractivity contribution is 0.0259. The minimum absolute atomic E-state index is 0.381. The molecule has 21 heavy (non-hydrogen) atoms. The van der Waals surface area contributed by atoms with Gasteiger partial charge in [0.25, 0.3) is 0 Å². The first kappa shape index (κ1) is 16.0. The molecular weight excluding hydrogens is 258 g/mol. The zero-order chi connectivity index (χ0) is 15.3. The molecule has 1 aliphatic rings. The molecule has 0 aliphatic heterocycles. The van der Waals surface area contributed by atoms with Gasteiger partial charge in [0.1, 0.15) is 0 Å². The van der Waals surface area contributed by atoms with Gasteiger partial charge in [-0.05, 0) is 58.1 Å². The quantitative estimate of drug-likeness (QED) is 0.839. The van der Waals surface area contributed by atoms with Gasteiger partial charge in [0.15, 0.2) is 0 Å². The molecule has 1 aromatic rings. The van der Waals surface area contributed by atoms with E-state index in [1.165, 1.54) is 24.8 Å². The minimum Gasteiger partial charge on any atom is -0.320 e. The molecule has 0 heterocycles. The smallest absolute Gasteiger partial charge is 0.0555 e. The van der Waals surface area contributed by atoms with Crippen molar-refractivity contribution in [2.45, 2.75) is 31.3 Å². The molecule has 0 aromatic heterocycles. The highest BCUT2D eigenvalue weighted by molar-refractivity contribution is 5.37. The lowest BCUT2D eigenvalue weighted by Crippen LogP contribution is -2.56. The van der Waals surface area contributed by atoms with Gasteiger partial charge in [-0.3, -0.25) is 0 Å². The Hall–Kier alpha value is -1.34. The average molecular weight is 285 g/mol. The van der Waals surface area contributed by atoms with E-state index in [1.807, 2.05) is 6.07 Å². The molecule has 1 aliphatic carbocycles. The fourth-order valence-corrected chi connectivity index (χ4v) is 3.10. The van der Waals surface area contributed by atoms with Crippen LogP contribution in [0.3, 0.4) is 0 Å². The van der Waals surface area contributed by atoms with Crippen LogP contribution < -0.4 is 5.73 Å². The third-order valence-electron chi connectivity index (χ3n) is 4.51. The highest BCUT2D eigenvalue weighted by Crippen LogP contribution is 2.36. The summed E-state index contributed by atoms with van der Waals surface area (Å²) in [6.45, 7) is 2.50. The number of nitrogens with two attached hydrogens (primary N) is 1. The van der Waals surface area contributed by atoms with E-state index in [-0.39, 0.29) is 0 Å². The summed E-state index contributed by atoms with van der Waals surface area (Å²) in [5.74, 6) is 6.02. The maximum absolute atomic E-state index is 5.43. The van der Waals surface area contributed by atoms with E-state index in [0.29, 0.717) is 12.1 Å². The van der Waals surface area contributed by atoms with Crippen LogP contribution in [0.1, 0.15) is 30.4 Å². The molecule has 0 saturated heterocycles. The Morgan fingerprint density at radius 3 is 2.57 bits per heavy atom. The summed E-state index contributed by atoms with van der Waals surface area (Å²) >= 11 is 0. The molecule has 0 unspecified atom stereocenters. The fourth-order valence-electron chi connectivity index (χ4n) is 3.10. The van der Waals surface area contributed by atoms with Crippen molar-refractivity contribution in [2.24, 2.45) is 5.73 Å². The van der Waals surface area contributed by atoms with Crippen LogP contribution in [0.5, 0.6) is 0 Å². The number of benzene rings is 1. The third kappa shape index (κ3) is 4.07. The Kier molecular flexibility index (Phi) is 5.41. The fraction of sp³-hybridized carbons (Fsp3) is 0.556. The maximum Gasteiger partial charge on any atom is 0.0555 e. The molecule has 0 atom stereocenters. The minimum atomic E-state index is 0.381. The van der Waals surface area contributed by atoms with Gasteiger partial charge in [0, 0.05) is 24.2 Å². The van der Waals surface area contributed by atoms with E-state index < -0.39 is 0 Å². The summed E-state index contributed by atoms with van der Waals surface area (Å²) in [7, 11) is 6.62. The second kappa shape index (κ2) is 7.09. The molecule has 2 N–H and O–H groups in total. The van der Waals surface area contributed by atoms with Crippen molar-refractivity contribution in [3.63, 3.8) is 0 Å². The third-order valence-corrected chi connectivity index (χ3v) is 4.51. The van der Waals surface area contributed by atoms with Crippen molar-refractivity contribution in [1.29, 1.82) is 0 Å². The Bertz CT molecular complexity index is 521. The van der Waals surface area contributed by atoms with Crippen molar-refractivity contribution in [3.05, 3.63) is 35.4 Å². The lowest BCUT2D eigenvalue weighted by atomic mass is 9.75. The van der Waals surface area contributed by atoms with Gasteiger partial charge in [0.2, 0.25) is 0 Å². The number of likely N-dealkylation sites (N-methyl/N-ethyl adjacent to an activating group) is 2. The van der Waals surface area contributed by atoms with Crippen molar-refractivity contribution in [2.75, 3.05) is 34.2 Å². The summed E-state index contributed by atoms with van der Waals surface area (Å²) in [5.41, 5.74) is 8.18. The van der Waals surface area contributed by atoms with Crippen LogP contribution in [0.2, 0.25) is 0 Å². The monoisotopic (exact) mass is 285 g/mol. The summed E-state index contributed by atoms with van der Waals surface area (Å²) in [6, 6.07) is 8.46. The molecule has 2 rings (SSSR count). The van der Waals surface area contributed by atoms with E-state index in [2.05, 4.69) is 61.0 Å². The van der Waals surface area contributed by atoms with E-state index >= 15 is 0 Å². The molecule has 3 nitrogen and oxygen atoms in total. The van der Waals surface area contributed by atoms with Gasteiger partial charge in [-0.25, -0.2) is 0 Å². The SMILES string of the molecule is CN(Cc1cccc(C#CCN)c1)CC1(N(C)C)CCC1. The van der Waals surface area contributed by atoms with Gasteiger partial charge in [0.05, 0.1) is 6.54 Å². The predicted octanol–water partition coefficient (Wildman–Crippen LogP) is 1.91. The summed E-state index contributed by atoms with van der Waals surface area (Å²) in [4.78, 5) is 4.82. The van der Waals surface area contributed by atoms with Crippen molar-refractivity contribution in [3.8, 4) is 11.8 Å². The Balaban J connectivity index is 1.98. The molecule has 0 amide bonds. The Labute approximate surface area is 129 Å². The van der Waals surface area contributed by atoms with Gasteiger partial charge in [-0.15, -0.1) is 0 Å². The van der Waals surface area contributed by atoms with E-state index in [4.69, 9.17) is 5.73 Å². The zero-order valence-corrected chi connectivity index (χ0v) is 13.5. The summed E-state index contributed by atoms with van der Waals surface area (Å²) in [6.07, 6.45) is 3.98. The molecular formula is C18H27N3. The predicted molar refractivity (Wildman–Crippen MR) is 89.0 cm³/mol. The largest absolute Gasteiger partial charge is 0.320 e. The summed E-state index contributed by atoms with van der Waals surface area (Å²) < 4.78 is 0. The van der Waals surface area contributed by atoms with Gasteiger partial charge < -0.3 is 15.5 Å². The number of rotatable bonds is 5. The van der Waals surface area contributed by atoms with E-state index in [1.54, 1.807) is 0 Å². The van der Waals surface area contributed by atoms with Crippen LogP contribution in [-0.4, -0.2) is 49.6 Å². The molecule has 0 spiro atoms. The van der Waals surface area contributed by atoms with Gasteiger partial charge in [-0.1, -0.05) is 24.0 Å². The summed E-state index contributed by atoms with van der Waals surface area (Å²) in [5, 5.41) is 0. The second-order valence-electron chi connectivity index (χ2n) is 6.35. The first-order valence-corrected chi connectivity index (χ1v) is 7.70.